The number of carbonyl (C=O) groups excluding carboxylic acids is 1. The van der Waals surface area contributed by atoms with Gasteiger partial charge in [-0.3, -0.25) is 4.79 Å². The van der Waals surface area contributed by atoms with Crippen LogP contribution in [0.2, 0.25) is 5.15 Å². The molecule has 4 nitrogen and oxygen atoms in total. The summed E-state index contributed by atoms with van der Waals surface area (Å²) < 4.78 is 13.4. The third-order valence-electron chi connectivity index (χ3n) is 2.36. The van der Waals surface area contributed by atoms with E-state index in [9.17, 15) is 9.18 Å². The predicted octanol–water partition coefficient (Wildman–Crippen LogP) is 3.00. The zero-order valence-corrected chi connectivity index (χ0v) is 10.3. The van der Waals surface area contributed by atoms with Gasteiger partial charge < -0.3 is 5.32 Å². The van der Waals surface area contributed by atoms with E-state index in [1.165, 1.54) is 30.5 Å². The van der Waals surface area contributed by atoms with Gasteiger partial charge in [0.15, 0.2) is 0 Å². The molecule has 2 aromatic rings. The number of hydrogen-bond donors (Lipinski definition) is 1. The number of anilines is 1. The average Bonchev–Trinajstić information content (AvgIpc) is 2.39. The highest BCUT2D eigenvalue weighted by molar-refractivity contribution is 6.29. The Bertz CT molecular complexity index is 682. The van der Waals surface area contributed by atoms with Gasteiger partial charge in [0.25, 0.3) is 5.91 Å². The Morgan fingerprint density at radius 2 is 2.21 bits per heavy atom. The zero-order chi connectivity index (χ0) is 13.8. The maximum absolute atomic E-state index is 13.4. The molecule has 94 valence electrons. The van der Waals surface area contributed by atoms with Crippen molar-refractivity contribution in [1.29, 1.82) is 5.26 Å². The number of nitrogens with zero attached hydrogens (tertiary/aromatic N) is 2. The fourth-order valence-electron chi connectivity index (χ4n) is 1.48. The quantitative estimate of drug-likeness (QED) is 0.857. The van der Waals surface area contributed by atoms with Crippen LogP contribution in [0.1, 0.15) is 15.9 Å². The van der Waals surface area contributed by atoms with Crippen LogP contribution in [0.15, 0.2) is 36.5 Å². The summed E-state index contributed by atoms with van der Waals surface area (Å²) in [6.45, 7) is 0. The summed E-state index contributed by atoms with van der Waals surface area (Å²) in [4.78, 5) is 15.7. The van der Waals surface area contributed by atoms with E-state index in [0.717, 1.165) is 6.07 Å². The van der Waals surface area contributed by atoms with Crippen LogP contribution in [0.5, 0.6) is 0 Å². The normalized spacial score (nSPS) is 9.74. The molecule has 1 aromatic carbocycles. The number of benzene rings is 1. The Kier molecular flexibility index (Phi) is 3.74. The second-order valence-corrected chi connectivity index (χ2v) is 3.98. The first-order valence-corrected chi connectivity index (χ1v) is 5.61. The van der Waals surface area contributed by atoms with Crippen LogP contribution in [-0.4, -0.2) is 10.9 Å². The number of aromatic nitrogens is 1. The molecule has 0 aliphatic carbocycles. The summed E-state index contributed by atoms with van der Waals surface area (Å²) in [6, 6.07) is 8.55. The molecule has 0 radical (unpaired) electrons. The van der Waals surface area contributed by atoms with Crippen LogP contribution < -0.4 is 5.32 Å². The highest BCUT2D eigenvalue weighted by atomic mass is 35.5. The number of nitrogens with one attached hydrogen (secondary N) is 1. The highest BCUT2D eigenvalue weighted by Gasteiger charge is 2.12. The van der Waals surface area contributed by atoms with Gasteiger partial charge in [-0.2, -0.15) is 5.26 Å². The molecule has 2 rings (SSSR count). The van der Waals surface area contributed by atoms with Crippen molar-refractivity contribution in [2.24, 2.45) is 0 Å². The molecule has 0 aliphatic heterocycles. The maximum Gasteiger partial charge on any atom is 0.255 e. The van der Waals surface area contributed by atoms with Crippen molar-refractivity contribution < 1.29 is 9.18 Å². The molecule has 0 spiro atoms. The lowest BCUT2D eigenvalue weighted by Crippen LogP contribution is -2.13. The van der Waals surface area contributed by atoms with Crippen LogP contribution in [0.4, 0.5) is 10.1 Å². The third-order valence-corrected chi connectivity index (χ3v) is 2.57. The van der Waals surface area contributed by atoms with Crippen molar-refractivity contribution in [1.82, 2.24) is 4.98 Å². The SMILES string of the molecule is N#Cc1c(F)cccc1NC(=O)c1ccnc(Cl)c1. The molecular formula is C13H7ClFN3O. The number of hydrogen-bond acceptors (Lipinski definition) is 3. The molecule has 1 N–H and O–H groups in total. The van der Waals surface area contributed by atoms with Crippen LogP contribution in [0.25, 0.3) is 0 Å². The summed E-state index contributed by atoms with van der Waals surface area (Å²) in [7, 11) is 0. The monoisotopic (exact) mass is 275 g/mol. The third kappa shape index (κ3) is 2.87. The molecule has 1 heterocycles. The van der Waals surface area contributed by atoms with Crippen molar-refractivity contribution in [2.45, 2.75) is 0 Å². The molecule has 0 atom stereocenters. The van der Waals surface area contributed by atoms with Gasteiger partial charge in [0.05, 0.1) is 5.69 Å². The van der Waals surface area contributed by atoms with E-state index >= 15 is 0 Å². The van der Waals surface area contributed by atoms with Gasteiger partial charge in [0.2, 0.25) is 0 Å². The molecule has 6 heteroatoms. The first kappa shape index (κ1) is 13.0. The Labute approximate surface area is 113 Å². The van der Waals surface area contributed by atoms with Gasteiger partial charge in [-0.25, -0.2) is 9.37 Å². The average molecular weight is 276 g/mol. The molecule has 0 bridgehead atoms. The van der Waals surface area contributed by atoms with Gasteiger partial charge in [0.1, 0.15) is 22.6 Å². The molecule has 1 aromatic heterocycles. The van der Waals surface area contributed by atoms with Gasteiger partial charge in [-0.1, -0.05) is 17.7 Å². The lowest BCUT2D eigenvalue weighted by Gasteiger charge is -2.07. The summed E-state index contributed by atoms with van der Waals surface area (Å²) in [5, 5.41) is 11.5. The summed E-state index contributed by atoms with van der Waals surface area (Å²) in [5.41, 5.74) is 0.171. The molecular weight excluding hydrogens is 269 g/mol. The fourth-order valence-corrected chi connectivity index (χ4v) is 1.65. The molecule has 1 amide bonds. The minimum Gasteiger partial charge on any atom is -0.321 e. The minimum absolute atomic E-state index is 0.112. The van der Waals surface area contributed by atoms with E-state index in [2.05, 4.69) is 10.3 Å². The van der Waals surface area contributed by atoms with E-state index in [-0.39, 0.29) is 22.0 Å². The maximum atomic E-state index is 13.4. The lowest BCUT2D eigenvalue weighted by atomic mass is 10.1. The standard InChI is InChI=1S/C13H7ClFN3O/c14-12-6-8(4-5-17-12)13(19)18-11-3-1-2-10(15)9(11)7-16/h1-6H,(H,18,19). The van der Waals surface area contributed by atoms with Crippen molar-refractivity contribution in [2.75, 3.05) is 5.32 Å². The van der Waals surface area contributed by atoms with Crippen molar-refractivity contribution in [3.05, 3.63) is 58.6 Å². The largest absolute Gasteiger partial charge is 0.321 e. The van der Waals surface area contributed by atoms with E-state index in [0.29, 0.717) is 0 Å². The smallest absolute Gasteiger partial charge is 0.255 e. The van der Waals surface area contributed by atoms with Gasteiger partial charge in [-0.15, -0.1) is 0 Å². The van der Waals surface area contributed by atoms with Crippen LogP contribution in [-0.2, 0) is 0 Å². The number of rotatable bonds is 2. The van der Waals surface area contributed by atoms with E-state index in [1.54, 1.807) is 6.07 Å². The lowest BCUT2D eigenvalue weighted by molar-refractivity contribution is 0.102. The minimum atomic E-state index is -0.687. The van der Waals surface area contributed by atoms with Crippen LogP contribution in [0, 0.1) is 17.1 Å². The van der Waals surface area contributed by atoms with Crippen LogP contribution in [0.3, 0.4) is 0 Å². The second kappa shape index (κ2) is 5.46. The second-order valence-electron chi connectivity index (χ2n) is 3.60. The topological polar surface area (TPSA) is 65.8 Å². The number of nitriles is 1. The molecule has 0 saturated carbocycles. The van der Waals surface area contributed by atoms with E-state index in [4.69, 9.17) is 16.9 Å². The molecule has 19 heavy (non-hydrogen) atoms. The van der Waals surface area contributed by atoms with E-state index in [1.807, 2.05) is 0 Å². The molecule has 0 saturated heterocycles. The number of halogens is 2. The van der Waals surface area contributed by atoms with Gasteiger partial charge in [0, 0.05) is 11.8 Å². The van der Waals surface area contributed by atoms with Crippen molar-refractivity contribution in [3.63, 3.8) is 0 Å². The molecule has 0 unspecified atom stereocenters. The fraction of sp³-hybridized carbons (Fsp3) is 0. The molecule has 0 fully saturated rings. The zero-order valence-electron chi connectivity index (χ0n) is 9.52. The predicted molar refractivity (Wildman–Crippen MR) is 68.3 cm³/mol. The Balaban J connectivity index is 2.30. The van der Waals surface area contributed by atoms with Crippen molar-refractivity contribution in [3.8, 4) is 6.07 Å². The Morgan fingerprint density at radius 3 is 2.89 bits per heavy atom. The Morgan fingerprint density at radius 1 is 1.42 bits per heavy atom. The highest BCUT2D eigenvalue weighted by Crippen LogP contribution is 2.19. The number of pyridine rings is 1. The summed E-state index contributed by atoms with van der Waals surface area (Å²) in [5.74, 6) is -1.18. The van der Waals surface area contributed by atoms with Gasteiger partial charge in [-0.05, 0) is 24.3 Å². The first-order valence-electron chi connectivity index (χ1n) is 5.23. The Hall–Kier alpha value is -2.45. The van der Waals surface area contributed by atoms with Crippen LogP contribution >= 0.6 is 11.6 Å². The molecule has 0 aliphatic rings. The van der Waals surface area contributed by atoms with E-state index < -0.39 is 11.7 Å². The first-order chi connectivity index (χ1) is 9.11. The number of amides is 1. The number of carbonyl (C=O) groups is 1. The van der Waals surface area contributed by atoms with Gasteiger partial charge >= 0.3 is 0 Å². The van der Waals surface area contributed by atoms with Crippen molar-refractivity contribution >= 4 is 23.2 Å². The summed E-state index contributed by atoms with van der Waals surface area (Å²) >= 11 is 5.67. The summed E-state index contributed by atoms with van der Waals surface area (Å²) in [6.07, 6.45) is 1.38.